The van der Waals surface area contributed by atoms with Crippen molar-refractivity contribution in [1.82, 2.24) is 0 Å². The van der Waals surface area contributed by atoms with Crippen LogP contribution >= 0.6 is 0 Å². The lowest BCUT2D eigenvalue weighted by Gasteiger charge is -2.44. The highest BCUT2D eigenvalue weighted by Crippen LogP contribution is 2.46. The molecule has 0 aliphatic heterocycles. The molecule has 0 saturated carbocycles. The van der Waals surface area contributed by atoms with Crippen LogP contribution in [0.25, 0.3) is 0 Å². The van der Waals surface area contributed by atoms with Crippen LogP contribution in [-0.4, -0.2) is 0 Å². The fourth-order valence-electron chi connectivity index (χ4n) is 4.24. The van der Waals surface area contributed by atoms with Crippen molar-refractivity contribution in [2.45, 2.75) is 100 Å². The predicted molar refractivity (Wildman–Crippen MR) is 94.1 cm³/mol. The second kappa shape index (κ2) is 9.85. The summed E-state index contributed by atoms with van der Waals surface area (Å²) in [5.74, 6) is 3.54. The molecular formula is C20H42. The van der Waals surface area contributed by atoms with Crippen molar-refractivity contribution in [3.05, 3.63) is 0 Å². The van der Waals surface area contributed by atoms with Gasteiger partial charge in [0, 0.05) is 0 Å². The molecule has 0 heteroatoms. The van der Waals surface area contributed by atoms with Gasteiger partial charge in [0.25, 0.3) is 0 Å². The normalized spacial score (nSPS) is 19.6. The molecule has 0 aromatic carbocycles. The van der Waals surface area contributed by atoms with Crippen LogP contribution in [0.2, 0.25) is 0 Å². The molecular weight excluding hydrogens is 240 g/mol. The zero-order valence-electron chi connectivity index (χ0n) is 15.8. The van der Waals surface area contributed by atoms with Gasteiger partial charge in [0.2, 0.25) is 0 Å². The van der Waals surface area contributed by atoms with Gasteiger partial charge < -0.3 is 0 Å². The van der Waals surface area contributed by atoms with E-state index in [0.717, 1.165) is 23.7 Å². The number of hydrogen-bond acceptors (Lipinski definition) is 0. The zero-order valence-corrected chi connectivity index (χ0v) is 15.8. The first-order valence-electron chi connectivity index (χ1n) is 9.36. The molecule has 0 nitrogen and oxygen atoms in total. The highest BCUT2D eigenvalue weighted by Gasteiger charge is 2.37. The van der Waals surface area contributed by atoms with E-state index in [1.165, 1.54) is 44.9 Å². The van der Waals surface area contributed by atoms with E-state index in [0.29, 0.717) is 5.41 Å². The molecule has 0 saturated heterocycles. The average molecular weight is 283 g/mol. The van der Waals surface area contributed by atoms with Crippen molar-refractivity contribution < 1.29 is 0 Å². The molecule has 20 heavy (non-hydrogen) atoms. The molecule has 122 valence electrons. The Bertz CT molecular complexity index is 230. The Labute approximate surface area is 130 Å². The summed E-state index contributed by atoms with van der Waals surface area (Å²) in [6.07, 6.45) is 9.62. The zero-order chi connectivity index (χ0) is 15.8. The molecule has 0 aliphatic carbocycles. The SMILES string of the molecule is CCC(C)C(CC)C(CC)C(C)(CC)CCCC(C)C. The number of hydrogen-bond donors (Lipinski definition) is 0. The highest BCUT2D eigenvalue weighted by molar-refractivity contribution is 4.87. The minimum atomic E-state index is 0.549. The van der Waals surface area contributed by atoms with E-state index in [1.54, 1.807) is 0 Å². The van der Waals surface area contributed by atoms with Gasteiger partial charge in [0.15, 0.2) is 0 Å². The first-order chi connectivity index (χ1) is 9.36. The molecule has 0 amide bonds. The Morgan fingerprint density at radius 3 is 1.80 bits per heavy atom. The Balaban J connectivity index is 4.91. The standard InChI is InChI=1S/C20H42/c1-9-17(7)18(10-2)19(11-3)20(8,12-4)15-13-14-16(5)6/h16-19H,9-15H2,1-8H3. The van der Waals surface area contributed by atoms with Crippen LogP contribution in [0, 0.1) is 29.1 Å². The van der Waals surface area contributed by atoms with E-state index < -0.39 is 0 Å². The van der Waals surface area contributed by atoms with Crippen molar-refractivity contribution in [3.8, 4) is 0 Å². The monoisotopic (exact) mass is 282 g/mol. The van der Waals surface area contributed by atoms with Crippen molar-refractivity contribution >= 4 is 0 Å². The molecule has 0 bridgehead atoms. The van der Waals surface area contributed by atoms with Crippen molar-refractivity contribution in [3.63, 3.8) is 0 Å². The van der Waals surface area contributed by atoms with Crippen LogP contribution in [0.3, 0.4) is 0 Å². The Morgan fingerprint density at radius 2 is 1.45 bits per heavy atom. The summed E-state index contributed by atoms with van der Waals surface area (Å²) < 4.78 is 0. The summed E-state index contributed by atoms with van der Waals surface area (Å²) in [6.45, 7) is 19.4. The van der Waals surface area contributed by atoms with Crippen LogP contribution in [-0.2, 0) is 0 Å². The maximum Gasteiger partial charge on any atom is -0.0298 e. The summed E-state index contributed by atoms with van der Waals surface area (Å²) in [5, 5.41) is 0. The topological polar surface area (TPSA) is 0 Å². The summed E-state index contributed by atoms with van der Waals surface area (Å²) in [6, 6.07) is 0. The summed E-state index contributed by atoms with van der Waals surface area (Å²) in [5.41, 5.74) is 0.549. The lowest BCUT2D eigenvalue weighted by atomic mass is 9.61. The van der Waals surface area contributed by atoms with E-state index in [9.17, 15) is 0 Å². The van der Waals surface area contributed by atoms with Gasteiger partial charge in [-0.05, 0) is 35.5 Å². The molecule has 0 aromatic rings. The van der Waals surface area contributed by atoms with Crippen LogP contribution in [0.15, 0.2) is 0 Å². The van der Waals surface area contributed by atoms with Gasteiger partial charge in [-0.15, -0.1) is 0 Å². The lowest BCUT2D eigenvalue weighted by Crippen LogP contribution is -2.35. The fourth-order valence-corrected chi connectivity index (χ4v) is 4.24. The predicted octanol–water partition coefficient (Wildman–Crippen LogP) is 7.33. The van der Waals surface area contributed by atoms with Gasteiger partial charge in [-0.1, -0.05) is 93.9 Å². The quantitative estimate of drug-likeness (QED) is 0.372. The summed E-state index contributed by atoms with van der Waals surface area (Å²) >= 11 is 0. The van der Waals surface area contributed by atoms with Crippen LogP contribution in [0.1, 0.15) is 100 Å². The van der Waals surface area contributed by atoms with Gasteiger partial charge in [-0.25, -0.2) is 0 Å². The maximum atomic E-state index is 2.58. The molecule has 4 unspecified atom stereocenters. The summed E-state index contributed by atoms with van der Waals surface area (Å²) in [7, 11) is 0. The molecule has 0 N–H and O–H groups in total. The van der Waals surface area contributed by atoms with Crippen molar-refractivity contribution in [2.75, 3.05) is 0 Å². The van der Waals surface area contributed by atoms with Crippen LogP contribution < -0.4 is 0 Å². The molecule has 0 heterocycles. The van der Waals surface area contributed by atoms with Crippen molar-refractivity contribution in [1.29, 1.82) is 0 Å². The molecule has 0 spiro atoms. The molecule has 0 rings (SSSR count). The highest BCUT2D eigenvalue weighted by atomic mass is 14.4. The third-order valence-corrected chi connectivity index (χ3v) is 6.04. The molecule has 0 aliphatic rings. The van der Waals surface area contributed by atoms with E-state index in [4.69, 9.17) is 0 Å². The molecule has 0 radical (unpaired) electrons. The Kier molecular flexibility index (Phi) is 9.85. The second-order valence-corrected chi connectivity index (χ2v) is 7.77. The third-order valence-electron chi connectivity index (χ3n) is 6.04. The van der Waals surface area contributed by atoms with Gasteiger partial charge in [0.1, 0.15) is 0 Å². The van der Waals surface area contributed by atoms with E-state index in [2.05, 4.69) is 55.4 Å². The Hall–Kier alpha value is 0. The van der Waals surface area contributed by atoms with Gasteiger partial charge in [-0.2, -0.15) is 0 Å². The van der Waals surface area contributed by atoms with Gasteiger partial charge >= 0.3 is 0 Å². The van der Waals surface area contributed by atoms with Gasteiger partial charge in [-0.3, -0.25) is 0 Å². The molecule has 0 aromatic heterocycles. The fraction of sp³-hybridized carbons (Fsp3) is 1.00. The minimum Gasteiger partial charge on any atom is -0.0651 e. The number of rotatable bonds is 11. The first-order valence-corrected chi connectivity index (χ1v) is 9.36. The van der Waals surface area contributed by atoms with Gasteiger partial charge in [0.05, 0.1) is 0 Å². The molecule has 4 atom stereocenters. The van der Waals surface area contributed by atoms with E-state index in [-0.39, 0.29) is 0 Å². The van der Waals surface area contributed by atoms with Crippen LogP contribution in [0.5, 0.6) is 0 Å². The largest absolute Gasteiger partial charge is 0.0651 e. The van der Waals surface area contributed by atoms with E-state index >= 15 is 0 Å². The smallest absolute Gasteiger partial charge is 0.0298 e. The van der Waals surface area contributed by atoms with Crippen molar-refractivity contribution in [2.24, 2.45) is 29.1 Å². The second-order valence-electron chi connectivity index (χ2n) is 7.77. The maximum absolute atomic E-state index is 2.58. The van der Waals surface area contributed by atoms with E-state index in [1.807, 2.05) is 0 Å². The first kappa shape index (κ1) is 20.0. The Morgan fingerprint density at radius 1 is 0.850 bits per heavy atom. The van der Waals surface area contributed by atoms with Crippen LogP contribution in [0.4, 0.5) is 0 Å². The molecule has 0 fully saturated rings. The minimum absolute atomic E-state index is 0.549. The lowest BCUT2D eigenvalue weighted by molar-refractivity contribution is 0.0605. The summed E-state index contributed by atoms with van der Waals surface area (Å²) in [4.78, 5) is 0. The third kappa shape index (κ3) is 5.78. The average Bonchev–Trinajstić information content (AvgIpc) is 2.42.